The number of ether oxygens (including phenoxy) is 1. The third kappa shape index (κ3) is 3.59. The minimum Gasteiger partial charge on any atom is -0.481 e. The smallest absolute Gasteiger partial charge is 0.313 e. The van der Waals surface area contributed by atoms with Crippen LogP contribution in [0.4, 0.5) is 11.4 Å². The Kier molecular flexibility index (Phi) is 5.31. The molecule has 27 heavy (non-hydrogen) atoms. The van der Waals surface area contributed by atoms with E-state index in [1.165, 1.54) is 18.1 Å². The molecule has 1 N–H and O–H groups in total. The number of nitro groups is 1. The Morgan fingerprint density at radius 3 is 2.59 bits per heavy atom. The van der Waals surface area contributed by atoms with Gasteiger partial charge in [0.25, 0.3) is 11.6 Å². The number of carbonyl (C=O) groups excluding carboxylic acids is 1. The van der Waals surface area contributed by atoms with Crippen molar-refractivity contribution in [3.63, 3.8) is 0 Å². The van der Waals surface area contributed by atoms with Crippen LogP contribution in [-0.2, 0) is 9.53 Å². The van der Waals surface area contributed by atoms with Gasteiger partial charge in [0, 0.05) is 44.9 Å². The van der Waals surface area contributed by atoms with E-state index >= 15 is 0 Å². The Morgan fingerprint density at radius 1 is 1.30 bits per heavy atom. The number of carboxylic acid groups (broad SMARTS) is 1. The number of nitrogens with zero attached hydrogens (tertiary/aromatic N) is 3. The van der Waals surface area contributed by atoms with Gasteiger partial charge in [-0.1, -0.05) is 0 Å². The predicted molar refractivity (Wildman–Crippen MR) is 97.0 cm³/mol. The summed E-state index contributed by atoms with van der Waals surface area (Å²) in [6.45, 7) is 1.84. The summed E-state index contributed by atoms with van der Waals surface area (Å²) >= 11 is 0. The molecule has 2 aliphatic rings. The molecule has 0 aliphatic carbocycles. The van der Waals surface area contributed by atoms with Gasteiger partial charge in [-0.15, -0.1) is 0 Å². The molecule has 0 saturated carbocycles. The van der Waals surface area contributed by atoms with Crippen LogP contribution in [0.5, 0.6) is 0 Å². The second-order valence-corrected chi connectivity index (χ2v) is 7.15. The highest BCUT2D eigenvalue weighted by Crippen LogP contribution is 2.35. The topological polar surface area (TPSA) is 113 Å². The summed E-state index contributed by atoms with van der Waals surface area (Å²) in [5.41, 5.74) is -0.507. The summed E-state index contributed by atoms with van der Waals surface area (Å²) in [7, 11) is 1.43. The molecule has 0 bridgehead atoms. The quantitative estimate of drug-likeness (QED) is 0.593. The number of carbonyl (C=O) groups is 2. The number of rotatable bonds is 6. The maximum Gasteiger partial charge on any atom is 0.313 e. The lowest BCUT2D eigenvalue weighted by atomic mass is 9.88. The highest BCUT2D eigenvalue weighted by Gasteiger charge is 2.46. The molecule has 9 heteroatoms. The Labute approximate surface area is 156 Å². The average molecular weight is 377 g/mol. The molecular formula is C18H23N3O6. The van der Waals surface area contributed by atoms with E-state index in [4.69, 9.17) is 4.74 Å². The van der Waals surface area contributed by atoms with Gasteiger partial charge in [-0.25, -0.2) is 0 Å². The number of likely N-dealkylation sites (tertiary alicyclic amines) is 1. The largest absolute Gasteiger partial charge is 0.481 e. The highest BCUT2D eigenvalue weighted by atomic mass is 16.6. The lowest BCUT2D eigenvalue weighted by Crippen LogP contribution is -2.40. The van der Waals surface area contributed by atoms with Crippen LogP contribution in [0.1, 0.15) is 29.6 Å². The fourth-order valence-corrected chi connectivity index (χ4v) is 3.89. The number of methoxy groups -OCH3 is 1. The summed E-state index contributed by atoms with van der Waals surface area (Å²) in [5.74, 6) is -1.40. The van der Waals surface area contributed by atoms with Crippen molar-refractivity contribution < 1.29 is 24.4 Å². The normalized spacial score (nSPS) is 22.3. The number of anilines is 1. The van der Waals surface area contributed by atoms with Gasteiger partial charge < -0.3 is 19.6 Å². The summed E-state index contributed by atoms with van der Waals surface area (Å²) in [4.78, 5) is 38.9. The van der Waals surface area contributed by atoms with E-state index in [9.17, 15) is 24.8 Å². The lowest BCUT2D eigenvalue weighted by molar-refractivity contribution is -0.384. The van der Waals surface area contributed by atoms with E-state index in [0.29, 0.717) is 5.69 Å². The van der Waals surface area contributed by atoms with Gasteiger partial charge in [0.05, 0.1) is 11.5 Å². The molecule has 1 unspecified atom stereocenters. The molecule has 2 heterocycles. The van der Waals surface area contributed by atoms with Crippen molar-refractivity contribution in [1.82, 2.24) is 4.90 Å². The highest BCUT2D eigenvalue weighted by molar-refractivity contribution is 5.96. The van der Waals surface area contributed by atoms with Crippen molar-refractivity contribution in [2.75, 3.05) is 44.8 Å². The van der Waals surface area contributed by atoms with E-state index in [2.05, 4.69) is 0 Å². The summed E-state index contributed by atoms with van der Waals surface area (Å²) < 4.78 is 5.03. The molecule has 1 aromatic rings. The van der Waals surface area contributed by atoms with Gasteiger partial charge in [-0.2, -0.15) is 0 Å². The van der Waals surface area contributed by atoms with Gasteiger partial charge >= 0.3 is 5.97 Å². The number of carboxylic acids is 1. The standard InChI is InChI=1S/C18H23N3O6/c1-27-12-18(17(23)24)6-9-20(11-18)16(22)13-4-5-14(15(10-13)21(25)26)19-7-2-3-8-19/h4-5,10H,2-3,6-9,11-12H2,1H3,(H,23,24). The van der Waals surface area contributed by atoms with Crippen LogP contribution in [0.15, 0.2) is 18.2 Å². The van der Waals surface area contributed by atoms with E-state index in [0.717, 1.165) is 25.9 Å². The number of benzene rings is 1. The van der Waals surface area contributed by atoms with Crippen LogP contribution >= 0.6 is 0 Å². The monoisotopic (exact) mass is 377 g/mol. The summed E-state index contributed by atoms with van der Waals surface area (Å²) in [5, 5.41) is 21.0. The van der Waals surface area contributed by atoms with Crippen molar-refractivity contribution in [2.45, 2.75) is 19.3 Å². The van der Waals surface area contributed by atoms with Crippen LogP contribution in [0.3, 0.4) is 0 Å². The lowest BCUT2D eigenvalue weighted by Gasteiger charge is -2.24. The van der Waals surface area contributed by atoms with Crippen molar-refractivity contribution in [3.8, 4) is 0 Å². The van der Waals surface area contributed by atoms with Gasteiger partial charge in [0.2, 0.25) is 0 Å². The Hall–Kier alpha value is -2.68. The zero-order valence-corrected chi connectivity index (χ0v) is 15.2. The van der Waals surface area contributed by atoms with Gasteiger partial charge in [0.15, 0.2) is 0 Å². The first-order valence-corrected chi connectivity index (χ1v) is 8.93. The van der Waals surface area contributed by atoms with Gasteiger partial charge in [0.1, 0.15) is 11.1 Å². The second kappa shape index (κ2) is 7.51. The fraction of sp³-hybridized carbons (Fsp3) is 0.556. The maximum atomic E-state index is 12.8. The fourth-order valence-electron chi connectivity index (χ4n) is 3.89. The van der Waals surface area contributed by atoms with Crippen LogP contribution in [0.25, 0.3) is 0 Å². The van der Waals surface area contributed by atoms with Crippen LogP contribution in [0, 0.1) is 15.5 Å². The molecule has 146 valence electrons. The van der Waals surface area contributed by atoms with Gasteiger partial charge in [-0.05, 0) is 31.4 Å². The molecule has 1 atom stereocenters. The zero-order valence-electron chi connectivity index (χ0n) is 15.2. The van der Waals surface area contributed by atoms with E-state index in [-0.39, 0.29) is 37.4 Å². The van der Waals surface area contributed by atoms with Crippen LogP contribution in [-0.4, -0.2) is 66.7 Å². The Bertz CT molecular complexity index is 761. The third-order valence-corrected chi connectivity index (χ3v) is 5.38. The molecule has 0 aromatic heterocycles. The Morgan fingerprint density at radius 2 is 2.00 bits per heavy atom. The first kappa shape index (κ1) is 19.1. The molecule has 3 rings (SSSR count). The molecular weight excluding hydrogens is 354 g/mol. The predicted octanol–water partition coefficient (Wildman–Crippen LogP) is 1.76. The first-order valence-electron chi connectivity index (χ1n) is 8.93. The molecule has 2 saturated heterocycles. The number of hydrogen-bond donors (Lipinski definition) is 1. The van der Waals surface area contributed by atoms with E-state index < -0.39 is 22.2 Å². The summed E-state index contributed by atoms with van der Waals surface area (Å²) in [6, 6.07) is 4.50. The zero-order chi connectivity index (χ0) is 19.6. The molecule has 0 radical (unpaired) electrons. The minimum atomic E-state index is -1.13. The van der Waals surface area contributed by atoms with Crippen molar-refractivity contribution >= 4 is 23.3 Å². The molecule has 1 aromatic carbocycles. The first-order chi connectivity index (χ1) is 12.9. The van der Waals surface area contributed by atoms with Crippen LogP contribution < -0.4 is 4.90 Å². The summed E-state index contributed by atoms with van der Waals surface area (Å²) in [6.07, 6.45) is 2.26. The SMILES string of the molecule is COCC1(C(=O)O)CCN(C(=O)c2ccc(N3CCCC3)c([N+](=O)[O-])c2)C1. The second-order valence-electron chi connectivity index (χ2n) is 7.15. The van der Waals surface area contributed by atoms with E-state index in [1.807, 2.05) is 4.90 Å². The molecule has 2 fully saturated rings. The number of hydrogen-bond acceptors (Lipinski definition) is 6. The number of amides is 1. The van der Waals surface area contributed by atoms with E-state index in [1.54, 1.807) is 12.1 Å². The molecule has 1 amide bonds. The number of aliphatic carboxylic acids is 1. The third-order valence-electron chi connectivity index (χ3n) is 5.38. The molecule has 9 nitrogen and oxygen atoms in total. The van der Waals surface area contributed by atoms with Crippen molar-refractivity contribution in [1.29, 1.82) is 0 Å². The molecule has 0 spiro atoms. The number of nitro benzene ring substituents is 1. The minimum absolute atomic E-state index is 0.0140. The van der Waals surface area contributed by atoms with Crippen LogP contribution in [0.2, 0.25) is 0 Å². The average Bonchev–Trinajstić information content (AvgIpc) is 3.31. The maximum absolute atomic E-state index is 12.8. The Balaban J connectivity index is 1.84. The molecule has 2 aliphatic heterocycles. The van der Waals surface area contributed by atoms with Crippen molar-refractivity contribution in [3.05, 3.63) is 33.9 Å². The van der Waals surface area contributed by atoms with Crippen molar-refractivity contribution in [2.24, 2.45) is 5.41 Å². The van der Waals surface area contributed by atoms with Gasteiger partial charge in [-0.3, -0.25) is 19.7 Å².